The molecular weight excluding hydrogens is 1040 g/mol. The predicted octanol–water partition coefficient (Wildman–Crippen LogP) is 14.7. The Labute approximate surface area is 502 Å². The molecule has 2 fully saturated rings. The van der Waals surface area contributed by atoms with Crippen LogP contribution in [0, 0.1) is 0 Å². The van der Waals surface area contributed by atoms with Crippen molar-refractivity contribution in [1.29, 1.82) is 0 Å². The van der Waals surface area contributed by atoms with Crippen LogP contribution in [-0.4, -0.2) is 142 Å². The third kappa shape index (κ3) is 40.4. The fourth-order valence-corrected chi connectivity index (χ4v) is 11.8. The molecule has 0 amide bonds. The van der Waals surface area contributed by atoms with Gasteiger partial charge < -0.3 is 64.2 Å². The normalized spacial score (nSPS) is 23.4. The minimum absolute atomic E-state index is 0.0716. The SMILES string of the molecule is CCCCCCCCCCCCCCCCCCCCCCCCCCCCOCC(COC1OC(COC2OC(CO)C(O)C(O)C2O)C(O)C(O)C1O)OC(=O)CCCCCCCCCCCCCCCCCCCCCCCC. The van der Waals surface area contributed by atoms with Crippen molar-refractivity contribution in [2.45, 2.75) is 396 Å². The zero-order valence-electron chi connectivity index (χ0n) is 53.0. The first kappa shape index (κ1) is 77.1. The van der Waals surface area contributed by atoms with Crippen molar-refractivity contribution in [2.75, 3.05) is 33.0 Å². The van der Waals surface area contributed by atoms with Gasteiger partial charge in [-0.15, -0.1) is 0 Å². The molecule has 2 saturated heterocycles. The molecule has 2 aliphatic rings. The lowest BCUT2D eigenvalue weighted by atomic mass is 9.98. The molecule has 0 saturated carbocycles. The zero-order chi connectivity index (χ0) is 59.4. The Morgan fingerprint density at radius 3 is 0.988 bits per heavy atom. The fourth-order valence-electron chi connectivity index (χ4n) is 11.8. The summed E-state index contributed by atoms with van der Waals surface area (Å²) in [6, 6.07) is 0. The first-order valence-corrected chi connectivity index (χ1v) is 35.1. The number of carbonyl (C=O) groups excluding carboxylic acids is 1. The van der Waals surface area contributed by atoms with Crippen molar-refractivity contribution < 1.29 is 69.0 Å². The maximum atomic E-state index is 13.1. The Morgan fingerprint density at radius 1 is 0.354 bits per heavy atom. The van der Waals surface area contributed by atoms with E-state index in [1.807, 2.05) is 0 Å². The van der Waals surface area contributed by atoms with Crippen LogP contribution in [0.15, 0.2) is 0 Å². The molecule has 2 rings (SSSR count). The lowest BCUT2D eigenvalue weighted by Crippen LogP contribution is -2.61. The molecule has 0 spiro atoms. The maximum absolute atomic E-state index is 13.1. The van der Waals surface area contributed by atoms with Gasteiger partial charge in [0.25, 0.3) is 0 Å². The summed E-state index contributed by atoms with van der Waals surface area (Å²) in [5.41, 5.74) is 0. The van der Waals surface area contributed by atoms with Gasteiger partial charge in [0.15, 0.2) is 12.6 Å². The van der Waals surface area contributed by atoms with E-state index in [9.17, 15) is 40.5 Å². The highest BCUT2D eigenvalue weighted by Crippen LogP contribution is 2.27. The van der Waals surface area contributed by atoms with E-state index < -0.39 is 80.7 Å². The van der Waals surface area contributed by atoms with E-state index in [-0.39, 0.29) is 25.6 Å². The second-order valence-corrected chi connectivity index (χ2v) is 25.1. The van der Waals surface area contributed by atoms with Crippen LogP contribution in [0.25, 0.3) is 0 Å². The highest BCUT2D eigenvalue weighted by atomic mass is 16.7. The van der Waals surface area contributed by atoms with Crippen LogP contribution in [0.2, 0.25) is 0 Å². The molecular formula is C68H132O14. The number of hydrogen-bond acceptors (Lipinski definition) is 14. The van der Waals surface area contributed by atoms with Gasteiger partial charge >= 0.3 is 5.97 Å². The number of esters is 1. The summed E-state index contributed by atoms with van der Waals surface area (Å²) in [6.45, 7) is 3.80. The van der Waals surface area contributed by atoms with Crippen molar-refractivity contribution in [2.24, 2.45) is 0 Å². The minimum Gasteiger partial charge on any atom is -0.457 e. The standard InChI is InChI=1S/C68H132O14/c1-3-5-7-9-11-13-15-17-19-21-23-25-27-28-29-30-32-34-36-38-40-42-44-46-48-50-52-77-54-57(55-78-67-66(76)64(74)62(72)59(82-67)56-79-68-65(75)63(73)61(71)58(53-69)81-68)80-60(70)51-49-47-45-43-41-39-37-35-33-31-26-24-22-20-18-16-14-12-10-8-6-4-2/h57-59,61-69,71-76H,3-56H2,1-2H3. The molecule has 0 aromatic rings. The third-order valence-corrected chi connectivity index (χ3v) is 17.4. The summed E-state index contributed by atoms with van der Waals surface area (Å²) < 4.78 is 34.6. The lowest BCUT2D eigenvalue weighted by molar-refractivity contribution is -0.332. The molecule has 82 heavy (non-hydrogen) atoms. The van der Waals surface area contributed by atoms with Crippen molar-refractivity contribution >= 4 is 5.97 Å². The first-order valence-electron chi connectivity index (χ1n) is 35.1. The number of carbonyl (C=O) groups is 1. The summed E-state index contributed by atoms with van der Waals surface area (Å²) in [7, 11) is 0. The molecule has 0 bridgehead atoms. The molecule has 11 unspecified atom stereocenters. The Balaban J connectivity index is 1.62. The van der Waals surface area contributed by atoms with Crippen LogP contribution < -0.4 is 0 Å². The molecule has 11 atom stereocenters. The first-order chi connectivity index (χ1) is 40.1. The molecule has 14 nitrogen and oxygen atoms in total. The Kier molecular flexibility index (Phi) is 52.0. The average molecular weight is 1170 g/mol. The van der Waals surface area contributed by atoms with Crippen LogP contribution >= 0.6 is 0 Å². The number of hydrogen-bond donors (Lipinski definition) is 7. The van der Waals surface area contributed by atoms with E-state index in [1.54, 1.807) is 0 Å². The fraction of sp³-hybridized carbons (Fsp3) is 0.985. The van der Waals surface area contributed by atoms with Crippen molar-refractivity contribution in [3.8, 4) is 0 Å². The lowest BCUT2D eigenvalue weighted by Gasteiger charge is -2.42. The zero-order valence-corrected chi connectivity index (χ0v) is 53.0. The molecule has 488 valence electrons. The molecule has 0 aromatic carbocycles. The predicted molar refractivity (Wildman–Crippen MR) is 331 cm³/mol. The monoisotopic (exact) mass is 1170 g/mol. The number of aliphatic hydroxyl groups is 7. The number of rotatable bonds is 60. The molecule has 14 heteroatoms. The van der Waals surface area contributed by atoms with Gasteiger partial charge in [0.05, 0.1) is 26.4 Å². The van der Waals surface area contributed by atoms with Gasteiger partial charge in [-0.3, -0.25) is 4.79 Å². The van der Waals surface area contributed by atoms with Gasteiger partial charge in [-0.05, 0) is 12.8 Å². The molecule has 0 aromatic heterocycles. The summed E-state index contributed by atoms with van der Waals surface area (Å²) in [6.07, 6.45) is 47.6. The van der Waals surface area contributed by atoms with Crippen LogP contribution in [-0.2, 0) is 33.2 Å². The largest absolute Gasteiger partial charge is 0.457 e. The number of aliphatic hydroxyl groups excluding tert-OH is 7. The van der Waals surface area contributed by atoms with E-state index >= 15 is 0 Å². The summed E-state index contributed by atoms with van der Waals surface area (Å²) in [5.74, 6) is -0.364. The number of ether oxygens (including phenoxy) is 6. The second kappa shape index (κ2) is 55.3. The number of unbranched alkanes of at least 4 members (excludes halogenated alkanes) is 46. The van der Waals surface area contributed by atoms with E-state index in [0.29, 0.717) is 6.61 Å². The van der Waals surface area contributed by atoms with Gasteiger partial charge in [-0.2, -0.15) is 0 Å². The van der Waals surface area contributed by atoms with E-state index in [4.69, 9.17) is 28.4 Å². The van der Waals surface area contributed by atoms with Gasteiger partial charge in [-0.25, -0.2) is 0 Å². The molecule has 2 aliphatic heterocycles. The molecule has 7 N–H and O–H groups in total. The highest BCUT2D eigenvalue weighted by Gasteiger charge is 2.47. The summed E-state index contributed by atoms with van der Waals surface area (Å²) in [4.78, 5) is 13.1. The van der Waals surface area contributed by atoms with E-state index in [2.05, 4.69) is 13.8 Å². The van der Waals surface area contributed by atoms with Crippen molar-refractivity contribution in [3.63, 3.8) is 0 Å². The van der Waals surface area contributed by atoms with Gasteiger partial charge in [0, 0.05) is 13.0 Å². The highest BCUT2D eigenvalue weighted by molar-refractivity contribution is 5.69. The van der Waals surface area contributed by atoms with Crippen molar-refractivity contribution in [1.82, 2.24) is 0 Å². The van der Waals surface area contributed by atoms with Crippen molar-refractivity contribution in [3.05, 3.63) is 0 Å². The van der Waals surface area contributed by atoms with Gasteiger partial charge in [0.1, 0.15) is 54.9 Å². The van der Waals surface area contributed by atoms with Crippen LogP contribution in [0.5, 0.6) is 0 Å². The Morgan fingerprint density at radius 2 is 0.646 bits per heavy atom. The van der Waals surface area contributed by atoms with Gasteiger partial charge in [-0.1, -0.05) is 309 Å². The molecule has 0 aliphatic carbocycles. The smallest absolute Gasteiger partial charge is 0.306 e. The van der Waals surface area contributed by atoms with Crippen LogP contribution in [0.1, 0.15) is 328 Å². The molecule has 0 radical (unpaired) electrons. The Hall–Kier alpha value is -1.01. The van der Waals surface area contributed by atoms with Crippen LogP contribution in [0.4, 0.5) is 0 Å². The minimum atomic E-state index is -1.70. The van der Waals surface area contributed by atoms with E-state index in [1.165, 1.54) is 263 Å². The topological polar surface area (TPSA) is 214 Å². The summed E-state index contributed by atoms with van der Waals surface area (Å²) >= 11 is 0. The second-order valence-electron chi connectivity index (χ2n) is 25.1. The van der Waals surface area contributed by atoms with Gasteiger partial charge in [0.2, 0.25) is 0 Å². The quantitative estimate of drug-likeness (QED) is 0.0223. The molecule has 2 heterocycles. The Bertz CT molecular complexity index is 1360. The third-order valence-electron chi connectivity index (χ3n) is 17.4. The maximum Gasteiger partial charge on any atom is 0.306 e. The van der Waals surface area contributed by atoms with E-state index in [0.717, 1.165) is 44.9 Å². The average Bonchev–Trinajstić information content (AvgIpc) is 3.52. The van der Waals surface area contributed by atoms with Crippen LogP contribution in [0.3, 0.4) is 0 Å². The summed E-state index contributed by atoms with van der Waals surface area (Å²) in [5, 5.41) is 72.6.